The van der Waals surface area contributed by atoms with Crippen LogP contribution in [0.1, 0.15) is 79.1 Å². The molecule has 1 fully saturated rings. The Kier molecular flexibility index (Phi) is 11.0. The molecule has 1 aliphatic rings. The van der Waals surface area contributed by atoms with Crippen LogP contribution >= 0.6 is 0 Å². The minimum Gasteiger partial charge on any atom is -0.372 e. The fraction of sp³-hybridized carbons (Fsp3) is 0.941. The van der Waals surface area contributed by atoms with E-state index < -0.39 is 0 Å². The average molecular weight is 269 g/mol. The molecule has 0 bridgehead atoms. The fourth-order valence-corrected chi connectivity index (χ4v) is 2.85. The molecule has 114 valence electrons. The maximum Gasteiger partial charge on any atom is 0.204 e. The van der Waals surface area contributed by atoms with E-state index in [-0.39, 0.29) is 6.41 Å². The molecule has 0 atom stereocenters. The predicted octanol–water partition coefficient (Wildman–Crippen LogP) is 4.77. The molecule has 0 aromatic heterocycles. The summed E-state index contributed by atoms with van der Waals surface area (Å²) < 4.78 is 0. The Morgan fingerprint density at radius 3 is 0.842 bits per heavy atom. The summed E-state index contributed by atoms with van der Waals surface area (Å²) in [7, 11) is 0. The lowest BCUT2D eigenvalue weighted by molar-refractivity contribution is -0.106. The molecular formula is C17H35NO. The monoisotopic (exact) mass is 269 g/mol. The van der Waals surface area contributed by atoms with Gasteiger partial charge in [-0.2, -0.15) is 0 Å². The van der Waals surface area contributed by atoms with Crippen molar-refractivity contribution in [3.63, 3.8) is 0 Å². The summed E-state index contributed by atoms with van der Waals surface area (Å²) in [6.07, 6.45) is 11.9. The van der Waals surface area contributed by atoms with Crippen LogP contribution in [0.5, 0.6) is 0 Å². The SMILES string of the molecule is CC1CCC(C)CCC(C)CCC(C)CC1.NC=O. The van der Waals surface area contributed by atoms with Crippen LogP contribution in [-0.4, -0.2) is 6.41 Å². The van der Waals surface area contributed by atoms with E-state index in [0.29, 0.717) is 0 Å². The Morgan fingerprint density at radius 2 is 0.737 bits per heavy atom. The quantitative estimate of drug-likeness (QED) is 0.633. The normalized spacial score (nSPS) is 34.1. The smallest absolute Gasteiger partial charge is 0.204 e. The zero-order chi connectivity index (χ0) is 14.7. The third kappa shape index (κ3) is 11.0. The van der Waals surface area contributed by atoms with Crippen LogP contribution in [0.2, 0.25) is 0 Å². The molecule has 0 unspecified atom stereocenters. The first-order chi connectivity index (χ1) is 8.99. The van der Waals surface area contributed by atoms with Crippen molar-refractivity contribution in [3.05, 3.63) is 0 Å². The topological polar surface area (TPSA) is 43.1 Å². The van der Waals surface area contributed by atoms with E-state index in [4.69, 9.17) is 4.79 Å². The maximum atomic E-state index is 8.58. The summed E-state index contributed by atoms with van der Waals surface area (Å²) in [6, 6.07) is 0. The maximum absolute atomic E-state index is 8.58. The number of nitrogens with two attached hydrogens (primary N) is 1. The van der Waals surface area contributed by atoms with Crippen molar-refractivity contribution in [3.8, 4) is 0 Å². The Bertz CT molecular complexity index is 161. The molecule has 0 radical (unpaired) electrons. The molecule has 0 spiro atoms. The molecule has 2 N–H and O–H groups in total. The van der Waals surface area contributed by atoms with Crippen LogP contribution in [-0.2, 0) is 4.79 Å². The van der Waals surface area contributed by atoms with Crippen molar-refractivity contribution >= 4 is 6.41 Å². The Hall–Kier alpha value is -0.530. The molecule has 19 heavy (non-hydrogen) atoms. The van der Waals surface area contributed by atoms with Gasteiger partial charge >= 0.3 is 0 Å². The van der Waals surface area contributed by atoms with Gasteiger partial charge in [-0.15, -0.1) is 0 Å². The minimum absolute atomic E-state index is 0.250. The molecule has 0 heterocycles. The Balaban J connectivity index is 0.000000982. The zero-order valence-corrected chi connectivity index (χ0v) is 13.5. The molecule has 0 saturated heterocycles. The number of hydrogen-bond acceptors (Lipinski definition) is 1. The number of primary amides is 1. The third-order valence-electron chi connectivity index (χ3n) is 4.61. The van der Waals surface area contributed by atoms with Gasteiger partial charge in [0, 0.05) is 0 Å². The van der Waals surface area contributed by atoms with E-state index in [0.717, 1.165) is 23.7 Å². The van der Waals surface area contributed by atoms with Crippen molar-refractivity contribution in [2.45, 2.75) is 79.1 Å². The molecule has 2 heteroatoms. The highest BCUT2D eigenvalue weighted by molar-refractivity contribution is 5.42. The first-order valence-corrected chi connectivity index (χ1v) is 8.14. The van der Waals surface area contributed by atoms with E-state index in [9.17, 15) is 0 Å². The second-order valence-corrected chi connectivity index (χ2v) is 6.87. The summed E-state index contributed by atoms with van der Waals surface area (Å²) in [6.45, 7) is 9.81. The number of carbonyl (C=O) groups is 1. The highest BCUT2D eigenvalue weighted by Gasteiger charge is 2.13. The first-order valence-electron chi connectivity index (χ1n) is 8.14. The standard InChI is InChI=1S/C16H32.CH3NO/c1-13-5-7-14(2)9-11-16(4)12-10-15(3)8-6-13;2-1-3/h13-16H,5-12H2,1-4H3;1H,(H2,2,3). The number of amides is 1. The van der Waals surface area contributed by atoms with Gasteiger partial charge < -0.3 is 5.73 Å². The van der Waals surface area contributed by atoms with E-state index >= 15 is 0 Å². The Labute approximate surface area is 120 Å². The highest BCUT2D eigenvalue weighted by Crippen LogP contribution is 2.27. The van der Waals surface area contributed by atoms with E-state index in [1.165, 1.54) is 51.4 Å². The molecule has 0 aliphatic heterocycles. The fourth-order valence-electron chi connectivity index (χ4n) is 2.85. The van der Waals surface area contributed by atoms with Gasteiger partial charge in [0.25, 0.3) is 0 Å². The van der Waals surface area contributed by atoms with Gasteiger partial charge in [0.05, 0.1) is 0 Å². The van der Waals surface area contributed by atoms with E-state index in [2.05, 4.69) is 33.4 Å². The molecular weight excluding hydrogens is 234 g/mol. The lowest BCUT2D eigenvalue weighted by Gasteiger charge is -2.22. The van der Waals surface area contributed by atoms with Gasteiger partial charge in [-0.05, 0) is 23.7 Å². The lowest BCUT2D eigenvalue weighted by Crippen LogP contribution is -2.08. The number of rotatable bonds is 0. The minimum atomic E-state index is 0.250. The Morgan fingerprint density at radius 1 is 0.632 bits per heavy atom. The van der Waals surface area contributed by atoms with Crippen molar-refractivity contribution in [1.29, 1.82) is 0 Å². The molecule has 1 rings (SSSR count). The third-order valence-corrected chi connectivity index (χ3v) is 4.61. The number of hydrogen-bond donors (Lipinski definition) is 1. The summed E-state index contributed by atoms with van der Waals surface area (Å²) in [4.78, 5) is 8.58. The van der Waals surface area contributed by atoms with Crippen molar-refractivity contribution in [2.75, 3.05) is 0 Å². The first kappa shape index (κ1) is 18.5. The van der Waals surface area contributed by atoms with Crippen LogP contribution in [0.25, 0.3) is 0 Å². The molecule has 1 saturated carbocycles. The van der Waals surface area contributed by atoms with Crippen LogP contribution in [0.4, 0.5) is 0 Å². The second-order valence-electron chi connectivity index (χ2n) is 6.87. The molecule has 0 aromatic carbocycles. The van der Waals surface area contributed by atoms with Gasteiger partial charge in [0.2, 0.25) is 6.41 Å². The highest BCUT2D eigenvalue weighted by atomic mass is 16.1. The van der Waals surface area contributed by atoms with E-state index in [1.807, 2.05) is 0 Å². The summed E-state index contributed by atoms with van der Waals surface area (Å²) in [5, 5.41) is 0. The van der Waals surface area contributed by atoms with Gasteiger partial charge in [0.1, 0.15) is 0 Å². The van der Waals surface area contributed by atoms with Crippen LogP contribution < -0.4 is 5.73 Å². The van der Waals surface area contributed by atoms with Gasteiger partial charge in [0.15, 0.2) is 0 Å². The summed E-state index contributed by atoms with van der Waals surface area (Å²) in [5.74, 6) is 3.84. The molecule has 2 nitrogen and oxygen atoms in total. The van der Waals surface area contributed by atoms with E-state index in [1.54, 1.807) is 0 Å². The predicted molar refractivity (Wildman–Crippen MR) is 83.8 cm³/mol. The van der Waals surface area contributed by atoms with Gasteiger partial charge in [-0.3, -0.25) is 4.79 Å². The molecule has 0 aromatic rings. The van der Waals surface area contributed by atoms with Crippen LogP contribution in [0.3, 0.4) is 0 Å². The van der Waals surface area contributed by atoms with Gasteiger partial charge in [-0.25, -0.2) is 0 Å². The second kappa shape index (κ2) is 11.3. The lowest BCUT2D eigenvalue weighted by atomic mass is 9.84. The van der Waals surface area contributed by atoms with Gasteiger partial charge in [-0.1, -0.05) is 79.1 Å². The zero-order valence-electron chi connectivity index (χ0n) is 13.5. The largest absolute Gasteiger partial charge is 0.372 e. The average Bonchev–Trinajstić information content (AvgIpc) is 2.38. The van der Waals surface area contributed by atoms with Crippen molar-refractivity contribution in [2.24, 2.45) is 29.4 Å². The summed E-state index contributed by atoms with van der Waals surface area (Å²) in [5.41, 5.74) is 4.17. The van der Waals surface area contributed by atoms with Crippen molar-refractivity contribution < 1.29 is 4.79 Å². The number of carbonyl (C=O) groups excluding carboxylic acids is 1. The summed E-state index contributed by atoms with van der Waals surface area (Å²) >= 11 is 0. The molecule has 1 amide bonds. The van der Waals surface area contributed by atoms with Crippen LogP contribution in [0, 0.1) is 23.7 Å². The van der Waals surface area contributed by atoms with Crippen LogP contribution in [0.15, 0.2) is 0 Å². The molecule has 1 aliphatic carbocycles. The van der Waals surface area contributed by atoms with Crippen molar-refractivity contribution in [1.82, 2.24) is 0 Å².